The van der Waals surface area contributed by atoms with Crippen molar-refractivity contribution in [2.24, 2.45) is 5.41 Å². The molecule has 0 aromatic rings. The summed E-state index contributed by atoms with van der Waals surface area (Å²) >= 11 is 0. The Kier molecular flexibility index (Phi) is 5.84. The van der Waals surface area contributed by atoms with E-state index < -0.39 is 0 Å². The maximum atomic E-state index is 11.5. The van der Waals surface area contributed by atoms with Gasteiger partial charge in [-0.3, -0.25) is 0 Å². The lowest BCUT2D eigenvalue weighted by atomic mass is 9.88. The fourth-order valence-electron chi connectivity index (χ4n) is 0.877. The van der Waals surface area contributed by atoms with Gasteiger partial charge < -0.3 is 4.74 Å². The molecule has 16 heavy (non-hydrogen) atoms. The van der Waals surface area contributed by atoms with Gasteiger partial charge in [-0.2, -0.15) is 0 Å². The summed E-state index contributed by atoms with van der Waals surface area (Å²) in [5.41, 5.74) is 4.86. The van der Waals surface area contributed by atoms with Crippen LogP contribution in [0, 0.1) is 5.41 Å². The van der Waals surface area contributed by atoms with E-state index in [9.17, 15) is 4.79 Å². The topological polar surface area (TPSA) is 26.3 Å². The Hall–Kier alpha value is -1.27. The molecule has 2 nitrogen and oxygen atoms in total. The number of allylic oxidation sites excluding steroid dienone is 1. The van der Waals surface area contributed by atoms with E-state index in [-0.39, 0.29) is 11.4 Å². The van der Waals surface area contributed by atoms with Crippen LogP contribution in [0.25, 0.3) is 0 Å². The molecule has 0 aliphatic rings. The van der Waals surface area contributed by atoms with Gasteiger partial charge in [0.2, 0.25) is 0 Å². The molecule has 90 valence electrons. The third-order valence-electron chi connectivity index (χ3n) is 2.39. The van der Waals surface area contributed by atoms with Gasteiger partial charge >= 0.3 is 5.97 Å². The lowest BCUT2D eigenvalue weighted by Crippen LogP contribution is -2.07. The van der Waals surface area contributed by atoms with Gasteiger partial charge in [0, 0.05) is 0 Å². The molecule has 0 aliphatic carbocycles. The van der Waals surface area contributed by atoms with E-state index in [1.54, 1.807) is 19.1 Å². The van der Waals surface area contributed by atoms with Crippen molar-refractivity contribution in [1.82, 2.24) is 0 Å². The highest BCUT2D eigenvalue weighted by Gasteiger charge is 2.12. The van der Waals surface area contributed by atoms with Crippen molar-refractivity contribution in [1.29, 1.82) is 0 Å². The zero-order chi connectivity index (χ0) is 12.8. The van der Waals surface area contributed by atoms with Crippen molar-refractivity contribution in [2.75, 3.05) is 6.61 Å². The molecule has 0 spiro atoms. The van der Waals surface area contributed by atoms with E-state index in [1.807, 2.05) is 13.8 Å². The summed E-state index contributed by atoms with van der Waals surface area (Å²) in [6.07, 6.45) is 3.43. The highest BCUT2D eigenvalue weighted by molar-refractivity contribution is 5.91. The zero-order valence-electron chi connectivity index (χ0n) is 11.2. The summed E-state index contributed by atoms with van der Waals surface area (Å²) in [6, 6.07) is 0. The van der Waals surface area contributed by atoms with E-state index in [4.69, 9.17) is 4.74 Å². The molecule has 0 fully saturated rings. The Balaban J connectivity index is 4.95. The number of ether oxygens (including phenoxy) is 1. The Morgan fingerprint density at radius 1 is 1.38 bits per heavy atom. The van der Waals surface area contributed by atoms with E-state index in [0.717, 1.165) is 5.57 Å². The van der Waals surface area contributed by atoms with Gasteiger partial charge in [0.25, 0.3) is 0 Å². The Morgan fingerprint density at radius 3 is 2.31 bits per heavy atom. The van der Waals surface area contributed by atoms with Gasteiger partial charge in [0.1, 0.15) is 0 Å². The Labute approximate surface area is 98.7 Å². The van der Waals surface area contributed by atoms with Crippen molar-refractivity contribution < 1.29 is 9.53 Å². The molecule has 0 heterocycles. The SMILES string of the molecule is C/C=C(\C=C=C(C)C(C)(C)C)C(=O)OCC. The van der Waals surface area contributed by atoms with Gasteiger partial charge in [0.05, 0.1) is 12.2 Å². The highest BCUT2D eigenvalue weighted by atomic mass is 16.5. The summed E-state index contributed by atoms with van der Waals surface area (Å²) < 4.78 is 4.93. The van der Waals surface area contributed by atoms with Crippen molar-refractivity contribution in [2.45, 2.75) is 41.5 Å². The summed E-state index contributed by atoms with van der Waals surface area (Å²) in [7, 11) is 0. The minimum Gasteiger partial charge on any atom is -0.462 e. The van der Waals surface area contributed by atoms with Crippen LogP contribution in [0.3, 0.4) is 0 Å². The fourth-order valence-corrected chi connectivity index (χ4v) is 0.877. The second kappa shape index (κ2) is 6.34. The van der Waals surface area contributed by atoms with E-state index in [2.05, 4.69) is 26.5 Å². The molecule has 0 saturated carbocycles. The van der Waals surface area contributed by atoms with Crippen LogP contribution in [0.2, 0.25) is 0 Å². The van der Waals surface area contributed by atoms with Crippen LogP contribution < -0.4 is 0 Å². The molecule has 0 unspecified atom stereocenters. The average Bonchev–Trinajstić information content (AvgIpc) is 2.17. The summed E-state index contributed by atoms with van der Waals surface area (Å²) in [4.78, 5) is 11.5. The number of esters is 1. The third kappa shape index (κ3) is 4.99. The number of carbonyl (C=O) groups is 1. The van der Waals surface area contributed by atoms with E-state index >= 15 is 0 Å². The second-order valence-electron chi connectivity index (χ2n) is 4.63. The molecular weight excluding hydrogens is 200 g/mol. The molecule has 0 aliphatic heterocycles. The molecule has 0 bridgehead atoms. The largest absolute Gasteiger partial charge is 0.462 e. The monoisotopic (exact) mass is 222 g/mol. The van der Waals surface area contributed by atoms with Gasteiger partial charge in [-0.25, -0.2) is 4.79 Å². The van der Waals surface area contributed by atoms with Gasteiger partial charge in [-0.15, -0.1) is 5.73 Å². The van der Waals surface area contributed by atoms with Crippen molar-refractivity contribution in [3.8, 4) is 0 Å². The molecule has 0 atom stereocenters. The fraction of sp³-hybridized carbons (Fsp3) is 0.571. The Morgan fingerprint density at radius 2 is 1.94 bits per heavy atom. The first-order valence-electron chi connectivity index (χ1n) is 5.60. The summed E-state index contributed by atoms with van der Waals surface area (Å²) in [6.45, 7) is 12.4. The van der Waals surface area contributed by atoms with Crippen LogP contribution in [0.1, 0.15) is 41.5 Å². The minimum absolute atomic E-state index is 0.0734. The molecule has 0 N–H and O–H groups in total. The van der Waals surface area contributed by atoms with Crippen LogP contribution in [0.15, 0.2) is 29.0 Å². The maximum Gasteiger partial charge on any atom is 0.338 e. The smallest absolute Gasteiger partial charge is 0.338 e. The predicted octanol–water partition coefficient (Wildman–Crippen LogP) is 3.64. The number of hydrogen-bond acceptors (Lipinski definition) is 2. The lowest BCUT2D eigenvalue weighted by molar-refractivity contribution is -0.138. The highest BCUT2D eigenvalue weighted by Crippen LogP contribution is 2.23. The molecule has 2 heteroatoms. The van der Waals surface area contributed by atoms with Gasteiger partial charge in [-0.1, -0.05) is 26.8 Å². The Bertz CT molecular complexity index is 334. The molecule has 0 saturated heterocycles. The minimum atomic E-state index is -0.292. The van der Waals surface area contributed by atoms with Crippen LogP contribution in [-0.4, -0.2) is 12.6 Å². The molecule has 0 aromatic carbocycles. The number of carbonyl (C=O) groups excluding carboxylic acids is 1. The first kappa shape index (κ1) is 14.7. The molecule has 0 radical (unpaired) electrons. The third-order valence-corrected chi connectivity index (χ3v) is 2.39. The molecule has 0 aromatic heterocycles. The predicted molar refractivity (Wildman–Crippen MR) is 67.1 cm³/mol. The van der Waals surface area contributed by atoms with E-state index in [0.29, 0.717) is 12.2 Å². The quantitative estimate of drug-likeness (QED) is 0.315. The second-order valence-corrected chi connectivity index (χ2v) is 4.63. The molecular formula is C14H22O2. The van der Waals surface area contributed by atoms with Gasteiger partial charge in [0.15, 0.2) is 0 Å². The van der Waals surface area contributed by atoms with Crippen molar-refractivity contribution >= 4 is 5.97 Å². The van der Waals surface area contributed by atoms with Crippen LogP contribution in [0.5, 0.6) is 0 Å². The zero-order valence-corrected chi connectivity index (χ0v) is 11.2. The van der Waals surface area contributed by atoms with Crippen molar-refractivity contribution in [3.63, 3.8) is 0 Å². The summed E-state index contributed by atoms with van der Waals surface area (Å²) in [5.74, 6) is -0.292. The molecule has 0 amide bonds. The number of hydrogen-bond donors (Lipinski definition) is 0. The maximum absolute atomic E-state index is 11.5. The molecule has 0 rings (SSSR count). The standard InChI is InChI=1S/C14H22O2/c1-7-12(13(15)16-8-2)10-9-11(3)14(4,5)6/h7,10H,8H2,1-6H3/b12-7+. The summed E-state index contributed by atoms with van der Waals surface area (Å²) in [5, 5.41) is 0. The first-order valence-corrected chi connectivity index (χ1v) is 5.60. The average molecular weight is 222 g/mol. The normalized spacial score (nSPS) is 11.8. The number of rotatable bonds is 3. The first-order chi connectivity index (χ1) is 7.32. The van der Waals surface area contributed by atoms with Crippen LogP contribution in [0.4, 0.5) is 0 Å². The van der Waals surface area contributed by atoms with Crippen LogP contribution in [-0.2, 0) is 9.53 Å². The van der Waals surface area contributed by atoms with Gasteiger partial charge in [-0.05, 0) is 37.8 Å². The van der Waals surface area contributed by atoms with E-state index in [1.165, 1.54) is 0 Å². The van der Waals surface area contributed by atoms with Crippen LogP contribution >= 0.6 is 0 Å². The van der Waals surface area contributed by atoms with Crippen molar-refractivity contribution in [3.05, 3.63) is 29.0 Å². The lowest BCUT2D eigenvalue weighted by Gasteiger charge is -2.16.